The molecule has 0 amide bonds. The molecule has 84 valence electrons. The van der Waals surface area contributed by atoms with E-state index in [-0.39, 0.29) is 12.4 Å². The highest BCUT2D eigenvalue weighted by Crippen LogP contribution is 2.15. The number of carbonyl (C=O) groups excluding carboxylic acids is 1. The SMILES string of the molecule is CCOC(=O)Cc1ncnc2c1ccn2C. The van der Waals surface area contributed by atoms with E-state index < -0.39 is 0 Å². The van der Waals surface area contributed by atoms with Crippen molar-refractivity contribution in [2.75, 3.05) is 6.61 Å². The van der Waals surface area contributed by atoms with Gasteiger partial charge in [0, 0.05) is 18.6 Å². The molecule has 5 nitrogen and oxygen atoms in total. The van der Waals surface area contributed by atoms with Crippen LogP contribution in [0.3, 0.4) is 0 Å². The molecule has 0 saturated carbocycles. The van der Waals surface area contributed by atoms with Gasteiger partial charge in [-0.2, -0.15) is 0 Å². The summed E-state index contributed by atoms with van der Waals surface area (Å²) in [7, 11) is 1.91. The molecule has 0 radical (unpaired) electrons. The van der Waals surface area contributed by atoms with Gasteiger partial charge < -0.3 is 9.30 Å². The van der Waals surface area contributed by atoms with E-state index in [2.05, 4.69) is 9.97 Å². The van der Waals surface area contributed by atoms with Crippen LogP contribution in [-0.4, -0.2) is 27.1 Å². The van der Waals surface area contributed by atoms with Crippen LogP contribution in [0.15, 0.2) is 18.6 Å². The van der Waals surface area contributed by atoms with Crippen molar-refractivity contribution in [1.82, 2.24) is 14.5 Å². The number of carbonyl (C=O) groups is 1. The number of hydrogen-bond donors (Lipinski definition) is 0. The molecule has 2 heterocycles. The third-order valence-electron chi connectivity index (χ3n) is 2.36. The first-order valence-electron chi connectivity index (χ1n) is 5.13. The summed E-state index contributed by atoms with van der Waals surface area (Å²) in [5.41, 5.74) is 1.54. The van der Waals surface area contributed by atoms with Crippen LogP contribution in [0.5, 0.6) is 0 Å². The van der Waals surface area contributed by atoms with Gasteiger partial charge >= 0.3 is 5.97 Å². The minimum absolute atomic E-state index is 0.191. The molecule has 5 heteroatoms. The zero-order valence-electron chi connectivity index (χ0n) is 9.30. The van der Waals surface area contributed by atoms with Gasteiger partial charge in [0.2, 0.25) is 0 Å². The highest BCUT2D eigenvalue weighted by atomic mass is 16.5. The van der Waals surface area contributed by atoms with Crippen LogP contribution in [-0.2, 0) is 23.0 Å². The minimum atomic E-state index is -0.258. The molecule has 2 rings (SSSR count). The lowest BCUT2D eigenvalue weighted by molar-refractivity contribution is -0.142. The lowest BCUT2D eigenvalue weighted by Gasteiger charge is -2.02. The zero-order chi connectivity index (χ0) is 11.5. The Labute approximate surface area is 93.1 Å². The van der Waals surface area contributed by atoms with Crippen molar-refractivity contribution in [3.63, 3.8) is 0 Å². The van der Waals surface area contributed by atoms with Gasteiger partial charge in [-0.05, 0) is 13.0 Å². The monoisotopic (exact) mass is 219 g/mol. The number of rotatable bonds is 3. The van der Waals surface area contributed by atoms with Gasteiger partial charge in [-0.3, -0.25) is 4.79 Å². The van der Waals surface area contributed by atoms with Gasteiger partial charge in [-0.1, -0.05) is 0 Å². The Morgan fingerprint density at radius 1 is 1.50 bits per heavy atom. The first-order valence-corrected chi connectivity index (χ1v) is 5.13. The molecule has 16 heavy (non-hydrogen) atoms. The van der Waals surface area contributed by atoms with Crippen molar-refractivity contribution in [3.05, 3.63) is 24.3 Å². The standard InChI is InChI=1S/C11H13N3O2/c1-3-16-10(15)6-9-8-4-5-14(2)11(8)13-7-12-9/h4-5,7H,3,6H2,1-2H3. The Bertz CT molecular complexity index is 519. The summed E-state index contributed by atoms with van der Waals surface area (Å²) >= 11 is 0. The summed E-state index contributed by atoms with van der Waals surface area (Å²) in [6.07, 6.45) is 3.56. The molecule has 0 fully saturated rings. The molecule has 0 saturated heterocycles. The third kappa shape index (κ3) is 1.88. The number of ether oxygens (including phenoxy) is 1. The highest BCUT2D eigenvalue weighted by molar-refractivity contribution is 5.83. The lowest BCUT2D eigenvalue weighted by atomic mass is 10.2. The fourth-order valence-corrected chi connectivity index (χ4v) is 1.62. The second-order valence-corrected chi connectivity index (χ2v) is 3.47. The average Bonchev–Trinajstić information content (AvgIpc) is 2.62. The van der Waals surface area contributed by atoms with Crippen LogP contribution < -0.4 is 0 Å². The number of esters is 1. The quantitative estimate of drug-likeness (QED) is 0.725. The summed E-state index contributed by atoms with van der Waals surface area (Å²) < 4.78 is 6.79. The van der Waals surface area contributed by atoms with Crippen molar-refractivity contribution in [2.24, 2.45) is 7.05 Å². The molecule has 0 aromatic carbocycles. The normalized spacial score (nSPS) is 10.6. The van der Waals surface area contributed by atoms with Crippen LogP contribution in [0.2, 0.25) is 0 Å². The summed E-state index contributed by atoms with van der Waals surface area (Å²) in [5.74, 6) is -0.258. The topological polar surface area (TPSA) is 57.0 Å². The summed E-state index contributed by atoms with van der Waals surface area (Å²) in [5, 5.41) is 0.901. The maximum Gasteiger partial charge on any atom is 0.311 e. The van der Waals surface area contributed by atoms with E-state index >= 15 is 0 Å². The van der Waals surface area contributed by atoms with E-state index in [9.17, 15) is 4.79 Å². The fraction of sp³-hybridized carbons (Fsp3) is 0.364. The fourth-order valence-electron chi connectivity index (χ4n) is 1.62. The molecule has 0 aliphatic carbocycles. The van der Waals surface area contributed by atoms with E-state index in [1.807, 2.05) is 23.9 Å². The van der Waals surface area contributed by atoms with Gasteiger partial charge in [0.15, 0.2) is 0 Å². The third-order valence-corrected chi connectivity index (χ3v) is 2.36. The van der Waals surface area contributed by atoms with Crippen molar-refractivity contribution in [1.29, 1.82) is 0 Å². The molecular formula is C11H13N3O2. The first-order chi connectivity index (χ1) is 7.72. The molecule has 0 aliphatic rings. The van der Waals surface area contributed by atoms with E-state index in [1.54, 1.807) is 6.92 Å². The van der Waals surface area contributed by atoms with Crippen LogP contribution in [0.25, 0.3) is 11.0 Å². The molecule has 0 unspecified atom stereocenters. The smallest absolute Gasteiger partial charge is 0.311 e. The van der Waals surface area contributed by atoms with Crippen molar-refractivity contribution < 1.29 is 9.53 Å². The number of aryl methyl sites for hydroxylation is 1. The Balaban J connectivity index is 2.34. The molecule has 0 spiro atoms. The summed E-state index contributed by atoms with van der Waals surface area (Å²) in [6, 6.07) is 1.91. The van der Waals surface area contributed by atoms with E-state index in [0.29, 0.717) is 12.3 Å². The van der Waals surface area contributed by atoms with E-state index in [1.165, 1.54) is 6.33 Å². The van der Waals surface area contributed by atoms with Crippen LogP contribution >= 0.6 is 0 Å². The van der Waals surface area contributed by atoms with Crippen molar-refractivity contribution in [2.45, 2.75) is 13.3 Å². The molecule has 0 aliphatic heterocycles. The first kappa shape index (κ1) is 10.6. The molecule has 2 aromatic rings. The second-order valence-electron chi connectivity index (χ2n) is 3.47. The van der Waals surface area contributed by atoms with Crippen LogP contribution in [0.4, 0.5) is 0 Å². The van der Waals surface area contributed by atoms with Crippen molar-refractivity contribution in [3.8, 4) is 0 Å². The Morgan fingerprint density at radius 2 is 2.31 bits per heavy atom. The molecule has 0 N–H and O–H groups in total. The number of fused-ring (bicyclic) bond motifs is 1. The van der Waals surface area contributed by atoms with Gasteiger partial charge in [-0.25, -0.2) is 9.97 Å². The lowest BCUT2D eigenvalue weighted by Crippen LogP contribution is -2.09. The van der Waals surface area contributed by atoms with Gasteiger partial charge in [0.1, 0.15) is 12.0 Å². The van der Waals surface area contributed by atoms with Crippen LogP contribution in [0, 0.1) is 0 Å². The molecule has 0 atom stereocenters. The van der Waals surface area contributed by atoms with Crippen LogP contribution in [0.1, 0.15) is 12.6 Å². The predicted octanol–water partition coefficient (Wildman–Crippen LogP) is 1.07. The summed E-state index contributed by atoms with van der Waals surface area (Å²) in [4.78, 5) is 19.6. The highest BCUT2D eigenvalue weighted by Gasteiger charge is 2.11. The second kappa shape index (κ2) is 4.30. The Hall–Kier alpha value is -1.91. The average molecular weight is 219 g/mol. The van der Waals surface area contributed by atoms with Gasteiger partial charge in [0.25, 0.3) is 0 Å². The minimum Gasteiger partial charge on any atom is -0.466 e. The molecule has 0 bridgehead atoms. The summed E-state index contributed by atoms with van der Waals surface area (Å²) in [6.45, 7) is 2.18. The number of hydrogen-bond acceptors (Lipinski definition) is 4. The Kier molecular flexibility index (Phi) is 2.85. The predicted molar refractivity (Wildman–Crippen MR) is 58.8 cm³/mol. The van der Waals surface area contributed by atoms with Crippen molar-refractivity contribution >= 4 is 17.0 Å². The van der Waals surface area contributed by atoms with E-state index in [0.717, 1.165) is 11.0 Å². The number of nitrogens with zero attached hydrogens (tertiary/aromatic N) is 3. The van der Waals surface area contributed by atoms with E-state index in [4.69, 9.17) is 4.74 Å². The maximum absolute atomic E-state index is 11.4. The largest absolute Gasteiger partial charge is 0.466 e. The molecule has 2 aromatic heterocycles. The number of aromatic nitrogens is 3. The van der Waals surface area contributed by atoms with Gasteiger partial charge in [0.05, 0.1) is 18.7 Å². The zero-order valence-corrected chi connectivity index (χ0v) is 9.30. The van der Waals surface area contributed by atoms with Gasteiger partial charge in [-0.15, -0.1) is 0 Å². The Morgan fingerprint density at radius 3 is 3.06 bits per heavy atom. The maximum atomic E-state index is 11.4. The molecular weight excluding hydrogens is 206 g/mol.